The van der Waals surface area contributed by atoms with Crippen LogP contribution in [0, 0.1) is 29.4 Å². The minimum atomic E-state index is -0.403. The first-order valence-electron chi connectivity index (χ1n) is 12.1. The molecule has 4 rings (SSSR count). The average molecular weight is 411 g/mol. The van der Waals surface area contributed by atoms with E-state index < -0.39 is 5.82 Å². The molecule has 162 valence electrons. The van der Waals surface area contributed by atoms with E-state index in [-0.39, 0.29) is 11.4 Å². The van der Waals surface area contributed by atoms with Crippen molar-refractivity contribution in [1.82, 2.24) is 0 Å². The summed E-state index contributed by atoms with van der Waals surface area (Å²) in [5.74, 6) is 2.45. The number of halogens is 2. The molecule has 0 aromatic heterocycles. The highest BCUT2D eigenvalue weighted by atomic mass is 19.1. The number of allylic oxidation sites excluding steroid dienone is 2. The highest BCUT2D eigenvalue weighted by Crippen LogP contribution is 2.48. The second-order valence-corrected chi connectivity index (χ2v) is 9.74. The van der Waals surface area contributed by atoms with E-state index >= 15 is 0 Å². The monoisotopic (exact) mass is 410 g/mol. The summed E-state index contributed by atoms with van der Waals surface area (Å²) in [6.45, 7) is 4.23. The quantitative estimate of drug-likeness (QED) is 0.418. The van der Waals surface area contributed by atoms with Gasteiger partial charge in [-0.05, 0) is 92.6 Å². The minimum absolute atomic E-state index is 0.220. The van der Waals surface area contributed by atoms with Crippen molar-refractivity contribution in [2.45, 2.75) is 84.0 Å². The maximum absolute atomic E-state index is 15.0. The molecule has 2 aromatic rings. The molecule has 0 spiro atoms. The maximum Gasteiger partial charge on any atom is 0.137 e. The third-order valence-corrected chi connectivity index (χ3v) is 7.83. The lowest BCUT2D eigenvalue weighted by molar-refractivity contribution is 0.114. The predicted molar refractivity (Wildman–Crippen MR) is 123 cm³/mol. The van der Waals surface area contributed by atoms with Crippen molar-refractivity contribution < 1.29 is 8.78 Å². The van der Waals surface area contributed by atoms with Crippen LogP contribution < -0.4 is 0 Å². The highest BCUT2D eigenvalue weighted by Gasteiger charge is 2.35. The van der Waals surface area contributed by atoms with Crippen LogP contribution in [-0.2, 0) is 6.42 Å². The van der Waals surface area contributed by atoms with Gasteiger partial charge in [0.15, 0.2) is 0 Å². The summed E-state index contributed by atoms with van der Waals surface area (Å²) in [5.41, 5.74) is 1.50. The van der Waals surface area contributed by atoms with E-state index in [2.05, 4.69) is 19.1 Å². The Morgan fingerprint density at radius 1 is 1.00 bits per heavy atom. The molecule has 0 heterocycles. The zero-order valence-electron chi connectivity index (χ0n) is 18.6. The summed E-state index contributed by atoms with van der Waals surface area (Å²) < 4.78 is 29.6. The van der Waals surface area contributed by atoms with Crippen LogP contribution in [0.1, 0.15) is 88.7 Å². The number of hydrogen-bond acceptors (Lipinski definition) is 0. The van der Waals surface area contributed by atoms with E-state index in [4.69, 9.17) is 0 Å². The van der Waals surface area contributed by atoms with E-state index in [9.17, 15) is 8.78 Å². The van der Waals surface area contributed by atoms with E-state index in [1.807, 2.05) is 25.1 Å². The van der Waals surface area contributed by atoms with Gasteiger partial charge in [-0.1, -0.05) is 56.5 Å². The summed E-state index contributed by atoms with van der Waals surface area (Å²) in [7, 11) is 0. The maximum atomic E-state index is 15.0. The smallest absolute Gasteiger partial charge is 0.137 e. The van der Waals surface area contributed by atoms with Gasteiger partial charge in [-0.15, -0.1) is 0 Å². The van der Waals surface area contributed by atoms with Crippen LogP contribution in [0.15, 0.2) is 36.4 Å². The first kappa shape index (κ1) is 21.5. The highest BCUT2D eigenvalue weighted by molar-refractivity contribution is 5.85. The first-order chi connectivity index (χ1) is 14.6. The molecular weight excluding hydrogens is 374 g/mol. The van der Waals surface area contributed by atoms with Crippen molar-refractivity contribution in [2.24, 2.45) is 17.8 Å². The van der Waals surface area contributed by atoms with Crippen LogP contribution in [0.3, 0.4) is 0 Å². The summed E-state index contributed by atoms with van der Waals surface area (Å²) in [6.07, 6.45) is 15.6. The molecule has 2 aliphatic carbocycles. The van der Waals surface area contributed by atoms with Crippen LogP contribution in [-0.4, -0.2) is 0 Å². The number of rotatable bonds is 6. The van der Waals surface area contributed by atoms with Crippen LogP contribution in [0.5, 0.6) is 0 Å². The van der Waals surface area contributed by atoms with Gasteiger partial charge in [0.2, 0.25) is 0 Å². The summed E-state index contributed by atoms with van der Waals surface area (Å²) in [4.78, 5) is 0. The second kappa shape index (κ2) is 9.62. The van der Waals surface area contributed by atoms with Gasteiger partial charge in [-0.3, -0.25) is 0 Å². The standard InChI is InChI=1S/C28H36F2/c1-3-5-6-8-26-27(29)18-24-17-23(13-14-25(24)28(26)30)22-12-11-20-15-19(7-4-2)9-10-21(20)16-22/h3,5,13-14,17-22H,4,6-12,15-16H2,1-2H3/b5-3+. The predicted octanol–water partition coefficient (Wildman–Crippen LogP) is 8.73. The molecule has 0 bridgehead atoms. The molecule has 0 saturated heterocycles. The second-order valence-electron chi connectivity index (χ2n) is 9.74. The molecule has 2 aromatic carbocycles. The molecule has 0 nitrogen and oxygen atoms in total. The Balaban J connectivity index is 1.51. The van der Waals surface area contributed by atoms with E-state index in [1.54, 1.807) is 6.07 Å². The molecular formula is C28H36F2. The van der Waals surface area contributed by atoms with Crippen molar-refractivity contribution in [3.05, 3.63) is 59.2 Å². The van der Waals surface area contributed by atoms with Gasteiger partial charge in [0.25, 0.3) is 0 Å². The van der Waals surface area contributed by atoms with Gasteiger partial charge < -0.3 is 0 Å². The largest absolute Gasteiger partial charge is 0.207 e. The van der Waals surface area contributed by atoms with Crippen LogP contribution in [0.2, 0.25) is 0 Å². The Bertz CT molecular complexity index is 897. The van der Waals surface area contributed by atoms with Gasteiger partial charge in [-0.25, -0.2) is 8.78 Å². The lowest BCUT2D eigenvalue weighted by atomic mass is 9.63. The fraction of sp³-hybridized carbons (Fsp3) is 0.571. The minimum Gasteiger partial charge on any atom is -0.207 e. The molecule has 2 fully saturated rings. The molecule has 2 saturated carbocycles. The SMILES string of the molecule is C/C=C/CCc1c(F)cc2cc(C3CCC4CC(CCC)CCC4C3)ccc2c1F. The Morgan fingerprint density at radius 2 is 1.80 bits per heavy atom. The van der Waals surface area contributed by atoms with E-state index in [0.29, 0.717) is 29.5 Å². The van der Waals surface area contributed by atoms with Gasteiger partial charge in [0, 0.05) is 10.9 Å². The Morgan fingerprint density at radius 3 is 2.60 bits per heavy atom. The molecule has 2 heteroatoms. The molecule has 0 radical (unpaired) electrons. The van der Waals surface area contributed by atoms with Crippen LogP contribution in [0.25, 0.3) is 10.8 Å². The molecule has 0 aliphatic heterocycles. The Kier molecular flexibility index (Phi) is 6.91. The molecule has 2 aliphatic rings. The van der Waals surface area contributed by atoms with E-state index in [0.717, 1.165) is 17.8 Å². The zero-order valence-corrected chi connectivity index (χ0v) is 18.6. The fourth-order valence-corrected chi connectivity index (χ4v) is 6.23. The van der Waals surface area contributed by atoms with Gasteiger partial charge in [-0.2, -0.15) is 0 Å². The third kappa shape index (κ3) is 4.48. The first-order valence-corrected chi connectivity index (χ1v) is 12.1. The average Bonchev–Trinajstić information content (AvgIpc) is 2.75. The van der Waals surface area contributed by atoms with Crippen molar-refractivity contribution in [3.63, 3.8) is 0 Å². The van der Waals surface area contributed by atoms with Gasteiger partial charge >= 0.3 is 0 Å². The van der Waals surface area contributed by atoms with Crippen molar-refractivity contribution in [3.8, 4) is 0 Å². The van der Waals surface area contributed by atoms with Crippen molar-refractivity contribution in [1.29, 1.82) is 0 Å². The number of hydrogen-bond donors (Lipinski definition) is 0. The van der Waals surface area contributed by atoms with Gasteiger partial charge in [0.05, 0.1) is 0 Å². The molecule has 0 N–H and O–H groups in total. The molecule has 4 atom stereocenters. The normalized spacial score (nSPS) is 26.9. The summed E-state index contributed by atoms with van der Waals surface area (Å²) in [6, 6.07) is 7.61. The van der Waals surface area contributed by atoms with Crippen molar-refractivity contribution >= 4 is 10.8 Å². The lowest BCUT2D eigenvalue weighted by Gasteiger charge is -2.42. The topological polar surface area (TPSA) is 0 Å². The Labute approximate surface area is 180 Å². The third-order valence-electron chi connectivity index (χ3n) is 7.83. The van der Waals surface area contributed by atoms with Crippen LogP contribution in [0.4, 0.5) is 8.78 Å². The summed E-state index contributed by atoms with van der Waals surface area (Å²) in [5, 5.41) is 1.27. The Hall–Kier alpha value is -1.70. The fourth-order valence-electron chi connectivity index (χ4n) is 6.23. The van der Waals surface area contributed by atoms with E-state index in [1.165, 1.54) is 56.9 Å². The summed E-state index contributed by atoms with van der Waals surface area (Å²) >= 11 is 0. The molecule has 30 heavy (non-hydrogen) atoms. The van der Waals surface area contributed by atoms with Crippen molar-refractivity contribution in [2.75, 3.05) is 0 Å². The number of benzene rings is 2. The molecule has 0 amide bonds. The number of fused-ring (bicyclic) bond motifs is 2. The van der Waals surface area contributed by atoms with Crippen LogP contribution >= 0.6 is 0 Å². The van der Waals surface area contributed by atoms with Gasteiger partial charge in [0.1, 0.15) is 11.6 Å². The zero-order chi connectivity index (χ0) is 21.1. The molecule has 4 unspecified atom stereocenters. The lowest BCUT2D eigenvalue weighted by Crippen LogP contribution is -2.30.